The molecule has 0 saturated carbocycles. The highest BCUT2D eigenvalue weighted by molar-refractivity contribution is 5.14. The zero-order valence-electron chi connectivity index (χ0n) is 13.5. The summed E-state index contributed by atoms with van der Waals surface area (Å²) in [5.41, 5.74) is 1.97. The summed E-state index contributed by atoms with van der Waals surface area (Å²) in [6, 6.07) is 19.2. The molecule has 0 bridgehead atoms. The molecule has 0 amide bonds. The average Bonchev–Trinajstić information content (AvgIpc) is 2.65. The van der Waals surface area contributed by atoms with E-state index in [1.807, 2.05) is 60.7 Å². The summed E-state index contributed by atoms with van der Waals surface area (Å²) in [6.45, 7) is 0.244. The van der Waals surface area contributed by atoms with Crippen molar-refractivity contribution in [3.8, 4) is 0 Å². The summed E-state index contributed by atoms with van der Waals surface area (Å²) in [7, 11) is 0. The van der Waals surface area contributed by atoms with E-state index in [2.05, 4.69) is 0 Å². The molecule has 0 aliphatic heterocycles. The molecule has 0 spiro atoms. The van der Waals surface area contributed by atoms with Crippen LogP contribution in [0.15, 0.2) is 60.7 Å². The van der Waals surface area contributed by atoms with Gasteiger partial charge in [-0.05, 0) is 11.1 Å². The van der Waals surface area contributed by atoms with Crippen molar-refractivity contribution in [1.29, 1.82) is 0 Å². The van der Waals surface area contributed by atoms with Gasteiger partial charge >= 0.3 is 0 Å². The van der Waals surface area contributed by atoms with Gasteiger partial charge in [0.25, 0.3) is 0 Å². The van der Waals surface area contributed by atoms with Crippen LogP contribution in [0.25, 0.3) is 0 Å². The van der Waals surface area contributed by atoms with Crippen molar-refractivity contribution in [2.45, 2.75) is 31.5 Å². The number of hydrogen-bond acceptors (Lipinski definition) is 5. The minimum atomic E-state index is -1.27. The Balaban J connectivity index is 1.89. The second-order valence-corrected chi connectivity index (χ2v) is 5.58. The van der Waals surface area contributed by atoms with E-state index in [0.717, 1.165) is 11.1 Å². The Morgan fingerprint density at radius 3 is 1.88 bits per heavy atom. The molecular formula is C19H24O5. The Kier molecular flexibility index (Phi) is 7.88. The summed E-state index contributed by atoms with van der Waals surface area (Å²) in [5, 5.41) is 28.8. The van der Waals surface area contributed by atoms with Crippen LogP contribution in [-0.2, 0) is 22.7 Å². The molecule has 2 aromatic rings. The molecule has 0 fully saturated rings. The van der Waals surface area contributed by atoms with Gasteiger partial charge in [-0.25, -0.2) is 0 Å². The van der Waals surface area contributed by atoms with E-state index in [0.29, 0.717) is 6.61 Å². The molecule has 2 aromatic carbocycles. The van der Waals surface area contributed by atoms with Gasteiger partial charge in [0.15, 0.2) is 0 Å². The molecular weight excluding hydrogens is 308 g/mol. The normalized spacial score (nSPS) is 15.0. The van der Waals surface area contributed by atoms with Gasteiger partial charge in [0, 0.05) is 0 Å². The maximum absolute atomic E-state index is 10.1. The predicted molar refractivity (Wildman–Crippen MR) is 90.2 cm³/mol. The van der Waals surface area contributed by atoms with E-state index in [1.165, 1.54) is 0 Å². The van der Waals surface area contributed by atoms with Crippen molar-refractivity contribution in [2.24, 2.45) is 0 Å². The number of aliphatic hydroxyl groups excluding tert-OH is 3. The molecule has 0 aliphatic carbocycles. The number of aliphatic hydroxyl groups is 3. The van der Waals surface area contributed by atoms with Crippen molar-refractivity contribution in [3.05, 3.63) is 71.8 Å². The smallest absolute Gasteiger partial charge is 0.111 e. The fraction of sp³-hybridized carbons (Fsp3) is 0.368. The maximum Gasteiger partial charge on any atom is 0.111 e. The first-order chi connectivity index (χ1) is 11.7. The van der Waals surface area contributed by atoms with Crippen LogP contribution in [0, 0.1) is 0 Å². The maximum atomic E-state index is 10.1. The molecule has 5 nitrogen and oxygen atoms in total. The van der Waals surface area contributed by atoms with Gasteiger partial charge < -0.3 is 24.8 Å². The number of benzene rings is 2. The quantitative estimate of drug-likeness (QED) is 0.614. The SMILES string of the molecule is OC[C@H](O)[C@H](O)[C@@H](COCc1ccccc1)OCc1ccccc1. The Morgan fingerprint density at radius 2 is 1.33 bits per heavy atom. The molecule has 0 heterocycles. The van der Waals surface area contributed by atoms with Crippen LogP contribution in [0.3, 0.4) is 0 Å². The molecule has 130 valence electrons. The van der Waals surface area contributed by atoms with Gasteiger partial charge in [-0.15, -0.1) is 0 Å². The lowest BCUT2D eigenvalue weighted by atomic mass is 10.1. The molecule has 0 aliphatic rings. The molecule has 24 heavy (non-hydrogen) atoms. The minimum absolute atomic E-state index is 0.111. The lowest BCUT2D eigenvalue weighted by Crippen LogP contribution is -2.43. The van der Waals surface area contributed by atoms with Crippen LogP contribution in [0.1, 0.15) is 11.1 Å². The van der Waals surface area contributed by atoms with Gasteiger partial charge in [0.05, 0.1) is 26.4 Å². The number of ether oxygens (including phenoxy) is 2. The fourth-order valence-electron chi connectivity index (χ4n) is 2.25. The van der Waals surface area contributed by atoms with E-state index in [1.54, 1.807) is 0 Å². The third-order valence-electron chi connectivity index (χ3n) is 3.66. The third-order valence-corrected chi connectivity index (χ3v) is 3.66. The summed E-state index contributed by atoms with van der Waals surface area (Å²) >= 11 is 0. The predicted octanol–water partition coefficient (Wildman–Crippen LogP) is 1.50. The lowest BCUT2D eigenvalue weighted by Gasteiger charge is -2.26. The minimum Gasteiger partial charge on any atom is -0.394 e. The van der Waals surface area contributed by atoms with E-state index in [4.69, 9.17) is 14.6 Å². The number of hydrogen-bond donors (Lipinski definition) is 3. The zero-order valence-corrected chi connectivity index (χ0v) is 13.5. The highest BCUT2D eigenvalue weighted by Crippen LogP contribution is 2.11. The van der Waals surface area contributed by atoms with Crippen LogP contribution < -0.4 is 0 Å². The van der Waals surface area contributed by atoms with Gasteiger partial charge in [0.1, 0.15) is 18.3 Å². The van der Waals surface area contributed by atoms with Crippen LogP contribution in [0.5, 0.6) is 0 Å². The molecule has 0 unspecified atom stereocenters. The molecule has 5 heteroatoms. The zero-order chi connectivity index (χ0) is 17.2. The molecule has 3 atom stereocenters. The van der Waals surface area contributed by atoms with Crippen molar-refractivity contribution in [1.82, 2.24) is 0 Å². The average molecular weight is 332 g/mol. The Labute approximate surface area is 142 Å². The Bertz CT molecular complexity index is 560. The summed E-state index contributed by atoms with van der Waals surface area (Å²) in [4.78, 5) is 0. The second kappa shape index (κ2) is 10.2. The lowest BCUT2D eigenvalue weighted by molar-refractivity contribution is -0.131. The number of rotatable bonds is 10. The van der Waals surface area contributed by atoms with Gasteiger partial charge in [-0.2, -0.15) is 0 Å². The van der Waals surface area contributed by atoms with Crippen molar-refractivity contribution in [2.75, 3.05) is 13.2 Å². The van der Waals surface area contributed by atoms with Crippen molar-refractivity contribution < 1.29 is 24.8 Å². The van der Waals surface area contributed by atoms with Crippen molar-refractivity contribution in [3.63, 3.8) is 0 Å². The molecule has 0 aromatic heterocycles. The Hall–Kier alpha value is -1.76. The van der Waals surface area contributed by atoms with Crippen LogP contribution in [0.2, 0.25) is 0 Å². The monoisotopic (exact) mass is 332 g/mol. The first-order valence-corrected chi connectivity index (χ1v) is 7.95. The second-order valence-electron chi connectivity index (χ2n) is 5.58. The summed E-state index contributed by atoms with van der Waals surface area (Å²) < 4.78 is 11.3. The summed E-state index contributed by atoms with van der Waals surface area (Å²) in [6.07, 6.45) is -3.24. The van der Waals surface area contributed by atoms with Crippen LogP contribution in [-0.4, -0.2) is 46.8 Å². The van der Waals surface area contributed by atoms with Gasteiger partial charge in [-0.1, -0.05) is 60.7 Å². The molecule has 2 rings (SSSR count). The fourth-order valence-corrected chi connectivity index (χ4v) is 2.25. The van der Waals surface area contributed by atoms with E-state index in [9.17, 15) is 10.2 Å². The van der Waals surface area contributed by atoms with Gasteiger partial charge in [0.2, 0.25) is 0 Å². The topological polar surface area (TPSA) is 79.2 Å². The first kappa shape index (κ1) is 18.6. The van der Waals surface area contributed by atoms with E-state index < -0.39 is 24.9 Å². The van der Waals surface area contributed by atoms with Gasteiger partial charge in [-0.3, -0.25) is 0 Å². The summed E-state index contributed by atoms with van der Waals surface area (Å²) in [5.74, 6) is 0. The molecule has 3 N–H and O–H groups in total. The van der Waals surface area contributed by atoms with E-state index in [-0.39, 0.29) is 13.2 Å². The molecule has 0 radical (unpaired) electrons. The van der Waals surface area contributed by atoms with Crippen LogP contribution in [0.4, 0.5) is 0 Å². The first-order valence-electron chi connectivity index (χ1n) is 7.95. The highest BCUT2D eigenvalue weighted by Gasteiger charge is 2.27. The van der Waals surface area contributed by atoms with E-state index >= 15 is 0 Å². The molecule has 0 saturated heterocycles. The largest absolute Gasteiger partial charge is 0.394 e. The highest BCUT2D eigenvalue weighted by atomic mass is 16.5. The van der Waals surface area contributed by atoms with Crippen molar-refractivity contribution >= 4 is 0 Å². The van der Waals surface area contributed by atoms with Crippen LogP contribution >= 0.6 is 0 Å². The third kappa shape index (κ3) is 6.03. The standard InChI is InChI=1S/C19H24O5/c20-11-17(21)19(22)18(24-13-16-9-5-2-6-10-16)14-23-12-15-7-3-1-4-8-15/h1-10,17-22H,11-14H2/t17-,18+,19-/m0/s1. The Morgan fingerprint density at radius 1 is 0.792 bits per heavy atom.